The predicted molar refractivity (Wildman–Crippen MR) is 165 cm³/mol. The Hall–Kier alpha value is -1.55. The van der Waals surface area contributed by atoms with Crippen LogP contribution < -0.4 is 5.32 Å². The standard InChI is InChI=1S/C29H41N3O4.CH4.2H2S/c1-2-15-31-16-12-21(13-17-31)20-8-10-23(11-9-20)28(34)30-26(22-6-4-3-5-7-22)29(35)32-18-14-25-27(32)24(33)19-36-25;;;/h8-11,21-22,25-27H,2-7,12-19H2,1H3,(H,30,34);1H4;2*1H2/t25-,26+,27-;;;/m1.../s1. The van der Waals surface area contributed by atoms with Gasteiger partial charge in [-0.3, -0.25) is 14.4 Å². The largest absolute Gasteiger partial charge is 0.368 e. The average molecular weight is 580 g/mol. The van der Waals surface area contributed by atoms with Crippen molar-refractivity contribution in [2.45, 2.75) is 96.2 Å². The smallest absolute Gasteiger partial charge is 0.251 e. The van der Waals surface area contributed by atoms with Crippen LogP contribution in [0.4, 0.5) is 0 Å². The van der Waals surface area contributed by atoms with Gasteiger partial charge in [-0.15, -0.1) is 0 Å². The van der Waals surface area contributed by atoms with Crippen LogP contribution in [0.5, 0.6) is 0 Å². The minimum absolute atomic E-state index is 0. The zero-order chi connectivity index (χ0) is 25.1. The Balaban J connectivity index is 0.00000178. The van der Waals surface area contributed by atoms with Gasteiger partial charge < -0.3 is 19.9 Å². The number of carbonyl (C=O) groups excluding carboxylic acids is 3. The summed E-state index contributed by atoms with van der Waals surface area (Å²) in [6, 6.07) is 6.92. The van der Waals surface area contributed by atoms with Crippen molar-refractivity contribution in [3.8, 4) is 0 Å². The Labute approximate surface area is 248 Å². The molecule has 9 heteroatoms. The first kappa shape index (κ1) is 33.7. The minimum Gasteiger partial charge on any atom is -0.368 e. The van der Waals surface area contributed by atoms with Crippen molar-refractivity contribution in [2.75, 3.05) is 32.8 Å². The molecule has 3 heterocycles. The summed E-state index contributed by atoms with van der Waals surface area (Å²) in [5, 5.41) is 3.10. The summed E-state index contributed by atoms with van der Waals surface area (Å²) in [7, 11) is 0. The van der Waals surface area contributed by atoms with Gasteiger partial charge in [-0.25, -0.2) is 0 Å². The van der Waals surface area contributed by atoms with Gasteiger partial charge >= 0.3 is 0 Å². The molecule has 0 aromatic heterocycles. The number of ether oxygens (including phenoxy) is 1. The summed E-state index contributed by atoms with van der Waals surface area (Å²) in [5.41, 5.74) is 1.89. The number of benzene rings is 1. The van der Waals surface area contributed by atoms with Crippen LogP contribution in [-0.4, -0.2) is 78.4 Å². The third kappa shape index (κ3) is 7.60. The minimum atomic E-state index is -0.590. The van der Waals surface area contributed by atoms with E-state index in [4.69, 9.17) is 4.74 Å². The summed E-state index contributed by atoms with van der Waals surface area (Å²) in [6.45, 7) is 6.28. The zero-order valence-corrected chi connectivity index (χ0v) is 24.6. The molecule has 0 spiro atoms. The number of likely N-dealkylation sites (tertiary alicyclic amines) is 2. The number of ketones is 1. The summed E-state index contributed by atoms with van der Waals surface area (Å²) in [5.74, 6) is 0.320. The average Bonchev–Trinajstić information content (AvgIpc) is 3.51. The SMILES string of the molecule is C.CCCN1CCC(c2ccc(C(=O)N[C@H](C(=O)N3CC[C@H]4OCC(=O)[C@H]43)C3CCCCC3)cc2)CC1.S.S. The van der Waals surface area contributed by atoms with E-state index in [1.54, 1.807) is 4.90 Å². The Morgan fingerprint density at radius 1 is 0.974 bits per heavy atom. The molecule has 4 aliphatic rings. The topological polar surface area (TPSA) is 79.0 Å². The van der Waals surface area contributed by atoms with Crippen molar-refractivity contribution in [1.82, 2.24) is 15.1 Å². The van der Waals surface area contributed by atoms with Crippen molar-refractivity contribution >= 4 is 44.6 Å². The Bertz CT molecular complexity index is 946. The van der Waals surface area contributed by atoms with E-state index in [9.17, 15) is 14.4 Å². The Kier molecular flexibility index (Phi) is 13.3. The second-order valence-electron chi connectivity index (χ2n) is 11.2. The van der Waals surface area contributed by atoms with Gasteiger partial charge in [0.25, 0.3) is 5.91 Å². The molecule has 3 atom stereocenters. The lowest BCUT2D eigenvalue weighted by atomic mass is 9.83. The number of amides is 2. The first-order valence-corrected chi connectivity index (χ1v) is 14.1. The third-order valence-corrected chi connectivity index (χ3v) is 8.84. The van der Waals surface area contributed by atoms with Crippen molar-refractivity contribution in [2.24, 2.45) is 5.92 Å². The quantitative estimate of drug-likeness (QED) is 0.519. The molecule has 0 unspecified atom stereocenters. The fourth-order valence-electron chi connectivity index (χ4n) is 6.81. The maximum absolute atomic E-state index is 13.7. The van der Waals surface area contributed by atoms with E-state index in [1.807, 2.05) is 12.1 Å². The molecule has 0 radical (unpaired) electrons. The maximum atomic E-state index is 13.7. The summed E-state index contributed by atoms with van der Waals surface area (Å²) < 4.78 is 5.59. The van der Waals surface area contributed by atoms with Crippen LogP contribution in [0, 0.1) is 5.92 Å². The predicted octanol–water partition coefficient (Wildman–Crippen LogP) is 4.39. The molecule has 1 aromatic rings. The molecule has 4 fully saturated rings. The first-order chi connectivity index (χ1) is 17.5. The lowest BCUT2D eigenvalue weighted by Gasteiger charge is -2.34. The van der Waals surface area contributed by atoms with E-state index in [-0.39, 0.29) is 70.6 Å². The summed E-state index contributed by atoms with van der Waals surface area (Å²) in [6.07, 6.45) is 9.19. The molecule has 39 heavy (non-hydrogen) atoms. The fraction of sp³-hybridized carbons (Fsp3) is 0.700. The van der Waals surface area contributed by atoms with Crippen LogP contribution in [-0.2, 0) is 14.3 Å². The Morgan fingerprint density at radius 3 is 2.28 bits per heavy atom. The zero-order valence-electron chi connectivity index (χ0n) is 22.6. The van der Waals surface area contributed by atoms with Gasteiger partial charge in [0, 0.05) is 12.1 Å². The maximum Gasteiger partial charge on any atom is 0.251 e. The fourth-order valence-corrected chi connectivity index (χ4v) is 6.81. The monoisotopic (exact) mass is 579 g/mol. The van der Waals surface area contributed by atoms with Gasteiger partial charge in [0.2, 0.25) is 5.91 Å². The number of piperidine rings is 1. The number of nitrogens with zero attached hydrogens (tertiary/aromatic N) is 2. The van der Waals surface area contributed by atoms with Gasteiger partial charge in [-0.05, 0) is 87.7 Å². The molecule has 5 rings (SSSR count). The normalized spacial score (nSPS) is 24.6. The molecule has 1 aliphatic carbocycles. The number of Topliss-reactive ketones (excluding diaryl/α,β-unsaturated/α-hetero) is 1. The molecule has 7 nitrogen and oxygen atoms in total. The second-order valence-corrected chi connectivity index (χ2v) is 11.2. The van der Waals surface area contributed by atoms with Gasteiger partial charge in [0.15, 0.2) is 5.78 Å². The molecule has 0 bridgehead atoms. The lowest BCUT2D eigenvalue weighted by Crippen LogP contribution is -2.55. The van der Waals surface area contributed by atoms with Crippen molar-refractivity contribution < 1.29 is 19.1 Å². The lowest BCUT2D eigenvalue weighted by molar-refractivity contribution is -0.139. The summed E-state index contributed by atoms with van der Waals surface area (Å²) >= 11 is 0. The van der Waals surface area contributed by atoms with E-state index < -0.39 is 12.1 Å². The highest BCUT2D eigenvalue weighted by Gasteiger charge is 2.49. The van der Waals surface area contributed by atoms with Gasteiger partial charge in [-0.2, -0.15) is 27.0 Å². The molecule has 3 saturated heterocycles. The van der Waals surface area contributed by atoms with Gasteiger partial charge in [-0.1, -0.05) is 45.7 Å². The highest BCUT2D eigenvalue weighted by molar-refractivity contribution is 7.59. The van der Waals surface area contributed by atoms with E-state index in [2.05, 4.69) is 29.3 Å². The van der Waals surface area contributed by atoms with E-state index in [0.717, 1.165) is 51.6 Å². The molecule has 2 amide bonds. The molecular weight excluding hydrogens is 530 g/mol. The second kappa shape index (κ2) is 15.5. The molecule has 1 saturated carbocycles. The number of rotatable bonds is 7. The third-order valence-electron chi connectivity index (χ3n) is 8.84. The number of nitrogens with one attached hydrogen (secondary N) is 1. The molecule has 1 aromatic carbocycles. The summed E-state index contributed by atoms with van der Waals surface area (Å²) in [4.78, 5) is 43.7. The van der Waals surface area contributed by atoms with E-state index >= 15 is 0 Å². The van der Waals surface area contributed by atoms with Crippen LogP contribution in [0.25, 0.3) is 0 Å². The van der Waals surface area contributed by atoms with Gasteiger partial charge in [0.05, 0.1) is 6.10 Å². The number of carbonyl (C=O) groups is 3. The highest BCUT2D eigenvalue weighted by Crippen LogP contribution is 2.32. The van der Waals surface area contributed by atoms with E-state index in [1.165, 1.54) is 24.9 Å². The van der Waals surface area contributed by atoms with Crippen molar-refractivity contribution in [3.63, 3.8) is 0 Å². The first-order valence-electron chi connectivity index (χ1n) is 14.1. The molecule has 220 valence electrons. The van der Waals surface area contributed by atoms with Crippen LogP contribution in [0.15, 0.2) is 24.3 Å². The molecule has 1 N–H and O–H groups in total. The van der Waals surface area contributed by atoms with Gasteiger partial charge in [0.1, 0.15) is 18.7 Å². The van der Waals surface area contributed by atoms with Crippen molar-refractivity contribution in [1.29, 1.82) is 0 Å². The number of hydrogen-bond donors (Lipinski definition) is 1. The van der Waals surface area contributed by atoms with Crippen LogP contribution in [0.1, 0.15) is 94.0 Å². The Morgan fingerprint density at radius 2 is 1.64 bits per heavy atom. The van der Waals surface area contributed by atoms with Crippen LogP contribution in [0.3, 0.4) is 0 Å². The van der Waals surface area contributed by atoms with Crippen molar-refractivity contribution in [3.05, 3.63) is 35.4 Å². The van der Waals surface area contributed by atoms with Crippen LogP contribution >= 0.6 is 27.0 Å². The highest BCUT2D eigenvalue weighted by atomic mass is 32.1. The number of fused-ring (bicyclic) bond motifs is 1. The van der Waals surface area contributed by atoms with Crippen LogP contribution in [0.2, 0.25) is 0 Å². The molecular formula is C30H49N3O4S2. The number of hydrogen-bond acceptors (Lipinski definition) is 5. The molecule has 3 aliphatic heterocycles. The van der Waals surface area contributed by atoms with E-state index in [0.29, 0.717) is 24.4 Å².